The van der Waals surface area contributed by atoms with E-state index in [1.165, 1.54) is 0 Å². The van der Waals surface area contributed by atoms with Crippen LogP contribution in [0.4, 0.5) is 35.1 Å². The van der Waals surface area contributed by atoms with Crippen LogP contribution in [0.1, 0.15) is 0 Å². The van der Waals surface area contributed by atoms with Gasteiger partial charge in [-0.2, -0.15) is 4.39 Å². The van der Waals surface area contributed by atoms with Crippen molar-refractivity contribution in [1.29, 1.82) is 0 Å². The van der Waals surface area contributed by atoms with Gasteiger partial charge in [0.15, 0.2) is 40.7 Å². The molecule has 0 saturated heterocycles. The summed E-state index contributed by atoms with van der Waals surface area (Å²) in [5.41, 5.74) is -3.25. The van der Waals surface area contributed by atoms with Crippen LogP contribution in [0.5, 0.6) is 5.75 Å². The predicted molar refractivity (Wildman–Crippen MR) is 58.1 cm³/mol. The van der Waals surface area contributed by atoms with E-state index in [-0.39, 0.29) is 6.07 Å². The molecule has 118 valence electrons. The summed E-state index contributed by atoms with van der Waals surface area (Å²) in [5, 5.41) is 0. The van der Waals surface area contributed by atoms with Crippen molar-refractivity contribution in [1.82, 2.24) is 0 Å². The van der Waals surface area contributed by atoms with Crippen LogP contribution < -0.4 is 4.74 Å². The van der Waals surface area contributed by atoms with Crippen molar-refractivity contribution in [2.45, 2.75) is 0 Å². The van der Waals surface area contributed by atoms with Gasteiger partial charge in [0.2, 0.25) is 11.6 Å². The Hall–Kier alpha value is -2.32. The predicted octanol–water partition coefficient (Wildman–Crippen LogP) is 4.47. The minimum Gasteiger partial charge on any atom is -0.491 e. The van der Waals surface area contributed by atoms with Crippen LogP contribution in [0, 0.1) is 46.5 Å². The highest BCUT2D eigenvalue weighted by molar-refractivity contribution is 5.67. The Morgan fingerprint density at radius 1 is 0.636 bits per heavy atom. The van der Waals surface area contributed by atoms with Gasteiger partial charge >= 0.3 is 0 Å². The first-order chi connectivity index (χ1) is 10.2. The van der Waals surface area contributed by atoms with Crippen LogP contribution in [0.2, 0.25) is 0 Å². The van der Waals surface area contributed by atoms with E-state index in [1.807, 2.05) is 0 Å². The van der Waals surface area contributed by atoms with E-state index in [0.717, 1.165) is 7.11 Å². The highest BCUT2D eigenvalue weighted by Gasteiger charge is 2.30. The van der Waals surface area contributed by atoms with Gasteiger partial charge in [-0.25, -0.2) is 30.7 Å². The van der Waals surface area contributed by atoms with Crippen molar-refractivity contribution < 1.29 is 39.9 Å². The SMILES string of the molecule is COc1c(F)cc(-c2c(F)c(F)c(F)c(F)c2F)c(F)c1F. The number of rotatable bonds is 2. The molecule has 0 aromatic heterocycles. The fraction of sp³-hybridized carbons (Fsp3) is 0.0769. The van der Waals surface area contributed by atoms with E-state index in [4.69, 9.17) is 0 Å². The van der Waals surface area contributed by atoms with Crippen LogP contribution in [-0.2, 0) is 0 Å². The molecule has 0 heterocycles. The van der Waals surface area contributed by atoms with Crippen LogP contribution in [0.25, 0.3) is 11.1 Å². The van der Waals surface area contributed by atoms with Gasteiger partial charge < -0.3 is 4.74 Å². The van der Waals surface area contributed by atoms with Gasteiger partial charge in [-0.3, -0.25) is 0 Å². The number of hydrogen-bond acceptors (Lipinski definition) is 1. The molecule has 2 rings (SSSR count). The quantitative estimate of drug-likeness (QED) is 0.449. The second-order valence-corrected chi connectivity index (χ2v) is 4.01. The van der Waals surface area contributed by atoms with Crippen molar-refractivity contribution in [2.75, 3.05) is 7.11 Å². The minimum absolute atomic E-state index is 0.0650. The topological polar surface area (TPSA) is 9.23 Å². The van der Waals surface area contributed by atoms with E-state index >= 15 is 0 Å². The molecule has 0 aliphatic rings. The Balaban J connectivity index is 2.90. The lowest BCUT2D eigenvalue weighted by molar-refractivity contribution is 0.346. The summed E-state index contributed by atoms with van der Waals surface area (Å²) in [6.07, 6.45) is 0. The number of benzene rings is 2. The summed E-state index contributed by atoms with van der Waals surface area (Å²) in [4.78, 5) is 0. The molecule has 0 atom stereocenters. The second-order valence-electron chi connectivity index (χ2n) is 4.01. The summed E-state index contributed by atoms with van der Waals surface area (Å²) in [6.45, 7) is 0. The van der Waals surface area contributed by atoms with Gasteiger partial charge in [0.1, 0.15) is 0 Å². The first-order valence-electron chi connectivity index (χ1n) is 5.45. The van der Waals surface area contributed by atoms with Crippen LogP contribution in [-0.4, -0.2) is 7.11 Å². The summed E-state index contributed by atoms with van der Waals surface area (Å²) in [5.74, 6) is -18.8. The monoisotopic (exact) mass is 328 g/mol. The molecular weight excluding hydrogens is 324 g/mol. The Morgan fingerprint density at radius 2 is 1.09 bits per heavy atom. The van der Waals surface area contributed by atoms with E-state index in [2.05, 4.69) is 4.74 Å². The van der Waals surface area contributed by atoms with Gasteiger partial charge in [-0.1, -0.05) is 0 Å². The summed E-state index contributed by atoms with van der Waals surface area (Å²) >= 11 is 0. The molecule has 9 heteroatoms. The van der Waals surface area contributed by atoms with Crippen molar-refractivity contribution >= 4 is 0 Å². The van der Waals surface area contributed by atoms with Gasteiger partial charge in [0.05, 0.1) is 12.7 Å². The zero-order chi connectivity index (χ0) is 16.8. The number of halogens is 8. The first kappa shape index (κ1) is 16.1. The molecule has 0 N–H and O–H groups in total. The van der Waals surface area contributed by atoms with Crippen molar-refractivity contribution in [3.8, 4) is 16.9 Å². The molecule has 0 radical (unpaired) electrons. The Labute approximate surface area is 117 Å². The van der Waals surface area contributed by atoms with E-state index in [0.29, 0.717) is 0 Å². The molecule has 0 bridgehead atoms. The second kappa shape index (κ2) is 5.47. The number of methoxy groups -OCH3 is 1. The number of hydrogen-bond donors (Lipinski definition) is 0. The Morgan fingerprint density at radius 3 is 1.55 bits per heavy atom. The highest BCUT2D eigenvalue weighted by Crippen LogP contribution is 2.37. The largest absolute Gasteiger partial charge is 0.491 e. The Bertz CT molecular complexity index is 743. The van der Waals surface area contributed by atoms with Crippen molar-refractivity contribution in [2.24, 2.45) is 0 Å². The van der Waals surface area contributed by atoms with Gasteiger partial charge in [-0.15, -0.1) is 0 Å². The van der Waals surface area contributed by atoms with Crippen LogP contribution in [0.15, 0.2) is 6.07 Å². The Kier molecular flexibility index (Phi) is 3.99. The zero-order valence-electron chi connectivity index (χ0n) is 10.5. The summed E-state index contributed by atoms with van der Waals surface area (Å²) < 4.78 is 111. The molecule has 0 saturated carbocycles. The van der Waals surface area contributed by atoms with Crippen molar-refractivity contribution in [3.63, 3.8) is 0 Å². The standard InChI is InChI=1S/C13H4F8O/c1-22-13-4(14)2-3(6(15)12(13)21)5-7(16)9(18)11(20)10(19)8(5)17/h2H,1H3. The van der Waals surface area contributed by atoms with Gasteiger partial charge in [0, 0.05) is 5.56 Å². The molecule has 2 aromatic rings. The molecular formula is C13H4F8O. The molecule has 0 spiro atoms. The third-order valence-electron chi connectivity index (χ3n) is 2.80. The lowest BCUT2D eigenvalue weighted by atomic mass is 10.0. The fourth-order valence-corrected chi connectivity index (χ4v) is 1.79. The summed E-state index contributed by atoms with van der Waals surface area (Å²) in [7, 11) is 0.791. The summed E-state index contributed by atoms with van der Waals surface area (Å²) in [6, 6.07) is 0.0650. The van der Waals surface area contributed by atoms with Gasteiger partial charge in [-0.05, 0) is 6.07 Å². The molecule has 0 amide bonds. The third kappa shape index (κ3) is 2.16. The lowest BCUT2D eigenvalue weighted by Gasteiger charge is -2.12. The average molecular weight is 328 g/mol. The van der Waals surface area contributed by atoms with Gasteiger partial charge in [0.25, 0.3) is 0 Å². The van der Waals surface area contributed by atoms with Crippen LogP contribution >= 0.6 is 0 Å². The lowest BCUT2D eigenvalue weighted by Crippen LogP contribution is -2.07. The zero-order valence-corrected chi connectivity index (χ0v) is 10.5. The molecule has 22 heavy (non-hydrogen) atoms. The minimum atomic E-state index is -2.48. The molecule has 2 aromatic carbocycles. The molecule has 0 aliphatic heterocycles. The van der Waals surface area contributed by atoms with E-state index in [9.17, 15) is 35.1 Å². The maximum absolute atomic E-state index is 13.7. The van der Waals surface area contributed by atoms with Crippen LogP contribution in [0.3, 0.4) is 0 Å². The number of ether oxygens (including phenoxy) is 1. The molecule has 0 aliphatic carbocycles. The van der Waals surface area contributed by atoms with Crippen molar-refractivity contribution in [3.05, 3.63) is 52.6 Å². The smallest absolute Gasteiger partial charge is 0.204 e. The van der Waals surface area contributed by atoms with E-state index in [1.54, 1.807) is 0 Å². The average Bonchev–Trinajstić information content (AvgIpc) is 2.48. The molecule has 0 unspecified atom stereocenters. The third-order valence-corrected chi connectivity index (χ3v) is 2.80. The fourth-order valence-electron chi connectivity index (χ4n) is 1.79. The first-order valence-corrected chi connectivity index (χ1v) is 5.45. The highest BCUT2D eigenvalue weighted by atomic mass is 19.2. The van der Waals surface area contributed by atoms with E-state index < -0.39 is 63.4 Å². The maximum Gasteiger partial charge on any atom is 0.204 e. The maximum atomic E-state index is 13.7. The molecule has 1 nitrogen and oxygen atoms in total. The normalized spacial score (nSPS) is 11.0. The molecule has 0 fully saturated rings.